The summed E-state index contributed by atoms with van der Waals surface area (Å²) in [6, 6.07) is 0.281. The van der Waals surface area contributed by atoms with Crippen LogP contribution in [-0.2, 0) is 12.2 Å². The quantitative estimate of drug-likeness (QED) is 0.801. The van der Waals surface area contributed by atoms with Gasteiger partial charge in [-0.1, -0.05) is 20.3 Å². The third-order valence-corrected chi connectivity index (χ3v) is 4.13. The van der Waals surface area contributed by atoms with E-state index in [4.69, 9.17) is 5.73 Å². The average Bonchev–Trinajstić information content (AvgIpc) is 2.63. The Hall–Kier alpha value is -0.0600. The van der Waals surface area contributed by atoms with E-state index in [0.29, 0.717) is 0 Å². The molecule has 2 N–H and O–H groups in total. The van der Waals surface area contributed by atoms with Crippen LogP contribution in [0, 0.1) is 0 Å². The second-order valence-electron chi connectivity index (χ2n) is 3.62. The minimum absolute atomic E-state index is 0.281. The van der Waals surface area contributed by atoms with Crippen LogP contribution in [0.15, 0.2) is 5.38 Å². The molecule has 0 aromatic carbocycles. The molecule has 0 aliphatic carbocycles. The Morgan fingerprint density at radius 3 is 3.00 bits per heavy atom. The number of nitrogens with zero attached hydrogens (tertiary/aromatic N) is 1. The van der Waals surface area contributed by atoms with Gasteiger partial charge in [0.1, 0.15) is 5.01 Å². The van der Waals surface area contributed by atoms with Crippen molar-refractivity contribution in [2.75, 3.05) is 5.75 Å². The highest BCUT2D eigenvalue weighted by atomic mass is 32.2. The van der Waals surface area contributed by atoms with Gasteiger partial charge in [0.05, 0.1) is 5.69 Å². The van der Waals surface area contributed by atoms with Crippen LogP contribution in [0.2, 0.25) is 0 Å². The Kier molecular flexibility index (Phi) is 6.29. The van der Waals surface area contributed by atoms with Gasteiger partial charge in [0.25, 0.3) is 0 Å². The van der Waals surface area contributed by atoms with Crippen molar-refractivity contribution in [2.45, 2.75) is 44.9 Å². The number of hydrogen-bond acceptors (Lipinski definition) is 4. The van der Waals surface area contributed by atoms with E-state index in [1.54, 1.807) is 11.3 Å². The Balaban J connectivity index is 2.38. The van der Waals surface area contributed by atoms with Gasteiger partial charge in [-0.05, 0) is 12.2 Å². The molecule has 2 nitrogen and oxygen atoms in total. The van der Waals surface area contributed by atoms with Gasteiger partial charge < -0.3 is 5.73 Å². The summed E-state index contributed by atoms with van der Waals surface area (Å²) >= 11 is 3.68. The average molecular weight is 244 g/mol. The summed E-state index contributed by atoms with van der Waals surface area (Å²) in [7, 11) is 0. The number of thiazole rings is 1. The number of hydrogen-bond donors (Lipinski definition) is 1. The van der Waals surface area contributed by atoms with Crippen molar-refractivity contribution in [3.8, 4) is 0 Å². The van der Waals surface area contributed by atoms with E-state index < -0.39 is 0 Å². The summed E-state index contributed by atoms with van der Waals surface area (Å²) in [5, 5.41) is 3.39. The maximum atomic E-state index is 5.99. The number of thioether (sulfide) groups is 1. The standard InChI is InChI=1S/C11H20N2S2/c1-3-5-9(12)6-10-7-15-11(13-10)8-14-4-2/h7,9H,3-6,8,12H2,1-2H3. The van der Waals surface area contributed by atoms with Crippen molar-refractivity contribution < 1.29 is 0 Å². The Bertz CT molecular complexity index is 273. The Morgan fingerprint density at radius 2 is 2.33 bits per heavy atom. The molecule has 0 radical (unpaired) electrons. The summed E-state index contributed by atoms with van der Waals surface area (Å²) in [6.45, 7) is 4.35. The van der Waals surface area contributed by atoms with Crippen LogP contribution in [-0.4, -0.2) is 16.8 Å². The normalized spacial score (nSPS) is 13.0. The molecule has 0 aliphatic heterocycles. The third-order valence-electron chi connectivity index (χ3n) is 2.16. The highest BCUT2D eigenvalue weighted by Gasteiger charge is 2.06. The van der Waals surface area contributed by atoms with Crippen LogP contribution in [0.4, 0.5) is 0 Å². The lowest BCUT2D eigenvalue weighted by Gasteiger charge is -2.06. The van der Waals surface area contributed by atoms with Crippen LogP contribution >= 0.6 is 23.1 Å². The molecule has 1 heterocycles. The number of aromatic nitrogens is 1. The molecular weight excluding hydrogens is 224 g/mol. The fourth-order valence-corrected chi connectivity index (χ4v) is 3.00. The van der Waals surface area contributed by atoms with Gasteiger partial charge >= 0.3 is 0 Å². The fraction of sp³-hybridized carbons (Fsp3) is 0.727. The van der Waals surface area contributed by atoms with Crippen molar-refractivity contribution in [2.24, 2.45) is 5.73 Å². The molecule has 0 aliphatic rings. The molecule has 0 amide bonds. The van der Waals surface area contributed by atoms with E-state index in [9.17, 15) is 0 Å². The van der Waals surface area contributed by atoms with Gasteiger partial charge in [-0.15, -0.1) is 11.3 Å². The predicted molar refractivity (Wildman–Crippen MR) is 70.5 cm³/mol. The third kappa shape index (κ3) is 5.00. The first-order chi connectivity index (χ1) is 7.26. The molecule has 86 valence electrons. The summed E-state index contributed by atoms with van der Waals surface area (Å²) in [4.78, 5) is 4.59. The topological polar surface area (TPSA) is 38.9 Å². The zero-order valence-electron chi connectivity index (χ0n) is 9.53. The molecule has 1 rings (SSSR count). The van der Waals surface area contributed by atoms with Crippen LogP contribution in [0.25, 0.3) is 0 Å². The van der Waals surface area contributed by atoms with Crippen LogP contribution in [0.3, 0.4) is 0 Å². The van der Waals surface area contributed by atoms with Crippen molar-refractivity contribution in [3.63, 3.8) is 0 Å². The van der Waals surface area contributed by atoms with Crippen LogP contribution in [0.5, 0.6) is 0 Å². The first kappa shape index (κ1) is 13.0. The fourth-order valence-electron chi connectivity index (χ4n) is 1.44. The molecule has 0 fully saturated rings. The molecule has 0 bridgehead atoms. The van der Waals surface area contributed by atoms with Crippen molar-refractivity contribution in [1.29, 1.82) is 0 Å². The second-order valence-corrected chi connectivity index (χ2v) is 5.84. The SMILES string of the molecule is CCCC(N)Cc1csc(CSCC)n1. The number of nitrogens with two attached hydrogens (primary N) is 1. The van der Waals surface area contributed by atoms with Gasteiger partial charge in [-0.2, -0.15) is 11.8 Å². The summed E-state index contributed by atoms with van der Waals surface area (Å²) in [5.41, 5.74) is 7.16. The highest BCUT2D eigenvalue weighted by Crippen LogP contribution is 2.17. The lowest BCUT2D eigenvalue weighted by molar-refractivity contribution is 0.594. The summed E-state index contributed by atoms with van der Waals surface area (Å²) in [6.07, 6.45) is 3.18. The Labute approximate surface area is 101 Å². The van der Waals surface area contributed by atoms with Gasteiger partial charge in [0, 0.05) is 23.6 Å². The molecule has 1 aromatic heterocycles. The van der Waals surface area contributed by atoms with E-state index in [-0.39, 0.29) is 6.04 Å². The molecular formula is C11H20N2S2. The van der Waals surface area contributed by atoms with Crippen molar-refractivity contribution in [3.05, 3.63) is 16.1 Å². The van der Waals surface area contributed by atoms with Crippen LogP contribution < -0.4 is 5.73 Å². The maximum absolute atomic E-state index is 5.99. The largest absolute Gasteiger partial charge is 0.327 e. The minimum Gasteiger partial charge on any atom is -0.327 e. The molecule has 0 saturated heterocycles. The molecule has 4 heteroatoms. The monoisotopic (exact) mass is 244 g/mol. The molecule has 0 saturated carbocycles. The van der Waals surface area contributed by atoms with Gasteiger partial charge in [0.2, 0.25) is 0 Å². The van der Waals surface area contributed by atoms with Gasteiger partial charge in [0.15, 0.2) is 0 Å². The van der Waals surface area contributed by atoms with E-state index in [1.807, 2.05) is 11.8 Å². The van der Waals surface area contributed by atoms with E-state index >= 15 is 0 Å². The molecule has 0 spiro atoms. The lowest BCUT2D eigenvalue weighted by atomic mass is 10.1. The van der Waals surface area contributed by atoms with Gasteiger partial charge in [-0.3, -0.25) is 0 Å². The second kappa shape index (κ2) is 7.25. The lowest BCUT2D eigenvalue weighted by Crippen LogP contribution is -2.22. The summed E-state index contributed by atoms with van der Waals surface area (Å²) in [5.74, 6) is 2.20. The first-order valence-electron chi connectivity index (χ1n) is 5.52. The van der Waals surface area contributed by atoms with E-state index in [2.05, 4.69) is 24.2 Å². The zero-order valence-corrected chi connectivity index (χ0v) is 11.2. The maximum Gasteiger partial charge on any atom is 0.103 e. The Morgan fingerprint density at radius 1 is 1.53 bits per heavy atom. The molecule has 1 atom stereocenters. The van der Waals surface area contributed by atoms with Gasteiger partial charge in [-0.25, -0.2) is 4.98 Å². The van der Waals surface area contributed by atoms with E-state index in [1.165, 1.54) is 10.7 Å². The van der Waals surface area contributed by atoms with E-state index in [0.717, 1.165) is 30.8 Å². The predicted octanol–water partition coefficient (Wildman–Crippen LogP) is 3.07. The van der Waals surface area contributed by atoms with Crippen molar-refractivity contribution >= 4 is 23.1 Å². The first-order valence-corrected chi connectivity index (χ1v) is 7.56. The smallest absolute Gasteiger partial charge is 0.103 e. The van der Waals surface area contributed by atoms with Crippen LogP contribution in [0.1, 0.15) is 37.4 Å². The highest BCUT2D eigenvalue weighted by molar-refractivity contribution is 7.98. The number of rotatable bonds is 7. The zero-order chi connectivity index (χ0) is 11.1. The van der Waals surface area contributed by atoms with Crippen molar-refractivity contribution in [1.82, 2.24) is 4.98 Å². The minimum atomic E-state index is 0.281. The molecule has 15 heavy (non-hydrogen) atoms. The summed E-state index contributed by atoms with van der Waals surface area (Å²) < 4.78 is 0. The molecule has 1 aromatic rings. The molecule has 1 unspecified atom stereocenters.